The Hall–Kier alpha value is -2.76. The molecule has 0 radical (unpaired) electrons. The van der Waals surface area contributed by atoms with Crippen LogP contribution in [0.5, 0.6) is 11.5 Å². The molecule has 114 valence electrons. The number of carbonyl (C=O) groups excluding carboxylic acids is 1. The Morgan fingerprint density at radius 3 is 2.23 bits per heavy atom. The third-order valence-electron chi connectivity index (χ3n) is 2.86. The van der Waals surface area contributed by atoms with Crippen molar-refractivity contribution in [3.63, 3.8) is 0 Å². The zero-order chi connectivity index (χ0) is 16.3. The molecule has 0 amide bonds. The second-order valence-corrected chi connectivity index (χ2v) is 4.38. The molecule has 0 aliphatic rings. The first kappa shape index (κ1) is 15.6. The molecule has 0 bridgehead atoms. The first-order valence-corrected chi connectivity index (χ1v) is 6.16. The molecule has 0 aliphatic heterocycles. The molecule has 2 aromatic rings. The Balaban J connectivity index is 2.49. The Kier molecular flexibility index (Phi) is 4.21. The number of carbonyl (C=O) groups is 1. The minimum Gasteiger partial charge on any atom is -0.508 e. The third kappa shape index (κ3) is 3.46. The molecule has 3 nitrogen and oxygen atoms in total. The molecule has 2 rings (SSSR count). The van der Waals surface area contributed by atoms with Crippen LogP contribution in [0.15, 0.2) is 55.1 Å². The van der Waals surface area contributed by atoms with E-state index in [0.29, 0.717) is 5.56 Å². The Bertz CT molecular complexity index is 704. The maximum atomic E-state index is 13.1. The molecule has 1 N–H and O–H groups in total. The second kappa shape index (κ2) is 5.93. The van der Waals surface area contributed by atoms with E-state index in [4.69, 9.17) is 0 Å². The minimum absolute atomic E-state index is 0.0105. The number of hydrogen-bond acceptors (Lipinski definition) is 3. The fraction of sp³-hybridized carbons (Fsp3) is 0.0625. The Morgan fingerprint density at radius 2 is 1.68 bits per heavy atom. The average molecular weight is 308 g/mol. The summed E-state index contributed by atoms with van der Waals surface area (Å²) in [7, 11) is 0. The molecule has 2 aromatic carbocycles. The van der Waals surface area contributed by atoms with Gasteiger partial charge in [-0.2, -0.15) is 13.2 Å². The van der Waals surface area contributed by atoms with Crippen molar-refractivity contribution in [2.24, 2.45) is 0 Å². The number of esters is 1. The van der Waals surface area contributed by atoms with Crippen molar-refractivity contribution < 1.29 is 27.8 Å². The number of aromatic hydroxyl groups is 1. The van der Waals surface area contributed by atoms with Crippen molar-refractivity contribution in [3.8, 4) is 22.6 Å². The number of rotatable bonds is 3. The van der Waals surface area contributed by atoms with E-state index < -0.39 is 23.5 Å². The van der Waals surface area contributed by atoms with Gasteiger partial charge in [0.1, 0.15) is 11.5 Å². The van der Waals surface area contributed by atoms with E-state index in [2.05, 4.69) is 11.3 Å². The minimum atomic E-state index is -4.68. The van der Waals surface area contributed by atoms with Crippen molar-refractivity contribution in [3.05, 3.63) is 60.7 Å². The maximum absolute atomic E-state index is 13.1. The van der Waals surface area contributed by atoms with Gasteiger partial charge < -0.3 is 9.84 Å². The van der Waals surface area contributed by atoms with Crippen LogP contribution in [0.2, 0.25) is 0 Å². The summed E-state index contributed by atoms with van der Waals surface area (Å²) < 4.78 is 43.9. The molecule has 0 unspecified atom stereocenters. The highest BCUT2D eigenvalue weighted by Gasteiger charge is 2.35. The lowest BCUT2D eigenvalue weighted by Gasteiger charge is -2.14. The van der Waals surface area contributed by atoms with Crippen LogP contribution in [0.1, 0.15) is 5.56 Å². The van der Waals surface area contributed by atoms with E-state index in [0.717, 1.165) is 18.2 Å². The van der Waals surface area contributed by atoms with Gasteiger partial charge >= 0.3 is 12.1 Å². The summed E-state index contributed by atoms with van der Waals surface area (Å²) in [6.45, 7) is 3.14. The van der Waals surface area contributed by atoms with Gasteiger partial charge in [0, 0.05) is 6.08 Å². The molecular formula is C16H11F3O3. The number of alkyl halides is 3. The van der Waals surface area contributed by atoms with Gasteiger partial charge in [0.15, 0.2) is 0 Å². The van der Waals surface area contributed by atoms with E-state index in [1.807, 2.05) is 0 Å². The molecule has 0 saturated carbocycles. The van der Waals surface area contributed by atoms with Gasteiger partial charge in [0.2, 0.25) is 0 Å². The van der Waals surface area contributed by atoms with E-state index in [-0.39, 0.29) is 11.3 Å². The third-order valence-corrected chi connectivity index (χ3v) is 2.86. The van der Waals surface area contributed by atoms with Crippen molar-refractivity contribution in [1.82, 2.24) is 0 Å². The molecule has 0 fully saturated rings. The van der Waals surface area contributed by atoms with Crippen LogP contribution in [0.25, 0.3) is 11.1 Å². The molecule has 0 aromatic heterocycles. The first-order chi connectivity index (χ1) is 10.3. The van der Waals surface area contributed by atoms with E-state index in [1.54, 1.807) is 0 Å². The molecule has 0 atom stereocenters. The lowest BCUT2D eigenvalue weighted by molar-refractivity contribution is -0.140. The average Bonchev–Trinajstić information content (AvgIpc) is 2.47. The molecule has 0 aliphatic carbocycles. The van der Waals surface area contributed by atoms with Gasteiger partial charge in [-0.3, -0.25) is 0 Å². The zero-order valence-electron chi connectivity index (χ0n) is 11.2. The van der Waals surface area contributed by atoms with Crippen LogP contribution in [0, 0.1) is 0 Å². The number of ether oxygens (including phenoxy) is 1. The fourth-order valence-electron chi connectivity index (χ4n) is 1.82. The topological polar surface area (TPSA) is 46.5 Å². The zero-order valence-corrected chi connectivity index (χ0v) is 11.2. The predicted molar refractivity (Wildman–Crippen MR) is 74.4 cm³/mol. The highest BCUT2D eigenvalue weighted by atomic mass is 19.4. The Labute approximate surface area is 124 Å². The summed E-state index contributed by atoms with van der Waals surface area (Å²) in [5.74, 6) is -1.54. The summed E-state index contributed by atoms with van der Waals surface area (Å²) in [5.41, 5.74) is -0.288. The van der Waals surface area contributed by atoms with Crippen LogP contribution >= 0.6 is 0 Å². The van der Waals surface area contributed by atoms with Gasteiger partial charge in [0.05, 0.1) is 5.56 Å². The molecule has 0 spiro atoms. The first-order valence-electron chi connectivity index (χ1n) is 6.16. The molecule has 6 heteroatoms. The number of benzene rings is 2. The van der Waals surface area contributed by atoms with Gasteiger partial charge in [0.25, 0.3) is 0 Å². The number of halogens is 3. The quantitative estimate of drug-likeness (QED) is 0.526. The maximum Gasteiger partial charge on any atom is 0.420 e. The van der Waals surface area contributed by atoms with Crippen LogP contribution in [0.3, 0.4) is 0 Å². The SMILES string of the molecule is C=CC(=O)Oc1ccc(-c2ccc(O)cc2)cc1C(F)(F)F. The van der Waals surface area contributed by atoms with Gasteiger partial charge in [-0.25, -0.2) is 4.79 Å². The fourth-order valence-corrected chi connectivity index (χ4v) is 1.82. The summed E-state index contributed by atoms with van der Waals surface area (Å²) in [4.78, 5) is 11.1. The lowest BCUT2D eigenvalue weighted by atomic mass is 10.0. The predicted octanol–water partition coefficient (Wildman–Crippen LogP) is 4.17. The highest BCUT2D eigenvalue weighted by Crippen LogP contribution is 2.39. The summed E-state index contributed by atoms with van der Waals surface area (Å²) in [5, 5.41) is 9.21. The monoisotopic (exact) mass is 308 g/mol. The van der Waals surface area contributed by atoms with E-state index >= 15 is 0 Å². The van der Waals surface area contributed by atoms with Gasteiger partial charge in [-0.1, -0.05) is 24.8 Å². The van der Waals surface area contributed by atoms with E-state index in [1.165, 1.54) is 30.3 Å². The normalized spacial score (nSPS) is 11.0. The summed E-state index contributed by atoms with van der Waals surface area (Å²) >= 11 is 0. The lowest BCUT2D eigenvalue weighted by Crippen LogP contribution is -2.12. The van der Waals surface area contributed by atoms with E-state index in [9.17, 15) is 23.1 Å². The van der Waals surface area contributed by atoms with Crippen molar-refractivity contribution >= 4 is 5.97 Å². The smallest absolute Gasteiger partial charge is 0.420 e. The standard InChI is InChI=1S/C16H11F3O3/c1-2-15(21)22-14-8-5-11(9-13(14)16(17,18)19)10-3-6-12(20)7-4-10/h2-9,20H,1H2. The van der Waals surface area contributed by atoms with Crippen LogP contribution in [0.4, 0.5) is 13.2 Å². The summed E-state index contributed by atoms with van der Waals surface area (Å²) in [6.07, 6.45) is -3.89. The number of phenolic OH excluding ortho intramolecular Hbond substituents is 1. The Morgan fingerprint density at radius 1 is 1.09 bits per heavy atom. The van der Waals surface area contributed by atoms with Crippen molar-refractivity contribution in [2.75, 3.05) is 0 Å². The largest absolute Gasteiger partial charge is 0.508 e. The van der Waals surface area contributed by atoms with Crippen LogP contribution < -0.4 is 4.74 Å². The van der Waals surface area contributed by atoms with Crippen LogP contribution in [-0.2, 0) is 11.0 Å². The van der Waals surface area contributed by atoms with Crippen LogP contribution in [-0.4, -0.2) is 11.1 Å². The number of phenols is 1. The van der Waals surface area contributed by atoms with Crippen molar-refractivity contribution in [2.45, 2.75) is 6.18 Å². The number of hydrogen-bond donors (Lipinski definition) is 1. The highest BCUT2D eigenvalue weighted by molar-refractivity contribution is 5.84. The molecule has 0 heterocycles. The molecular weight excluding hydrogens is 297 g/mol. The van der Waals surface area contributed by atoms with Gasteiger partial charge in [-0.15, -0.1) is 0 Å². The molecule has 0 saturated heterocycles. The molecule has 22 heavy (non-hydrogen) atoms. The van der Waals surface area contributed by atoms with Crippen molar-refractivity contribution in [1.29, 1.82) is 0 Å². The second-order valence-electron chi connectivity index (χ2n) is 4.38. The summed E-state index contributed by atoms with van der Waals surface area (Å²) in [6, 6.07) is 9.07. The van der Waals surface area contributed by atoms with Gasteiger partial charge in [-0.05, 0) is 35.4 Å².